The van der Waals surface area contributed by atoms with Crippen LogP contribution in [0.4, 0.5) is 5.69 Å². The molecule has 21 heavy (non-hydrogen) atoms. The topological polar surface area (TPSA) is 79.9 Å². The molecule has 1 aromatic carbocycles. The number of anilines is 1. The number of aromatic nitrogens is 2. The highest BCUT2D eigenvalue weighted by atomic mass is 16.5. The van der Waals surface area contributed by atoms with Crippen LogP contribution in [0.1, 0.15) is 23.0 Å². The first-order valence-corrected chi connectivity index (χ1v) is 6.58. The quantitative estimate of drug-likeness (QED) is 0.912. The van der Waals surface area contributed by atoms with Crippen molar-refractivity contribution in [3.63, 3.8) is 0 Å². The third kappa shape index (κ3) is 3.39. The second-order valence-electron chi connectivity index (χ2n) is 4.41. The standard InChI is InChI=1S/C15H16N4O2/c1-3-12-11(10-19(2)18-12)15(20)17-13-6-4-5-7-14(13)21-9-8-16/h4-7,10H,3,9H2,1-2H3,(H,17,20). The lowest BCUT2D eigenvalue weighted by Crippen LogP contribution is -2.14. The van der Waals surface area contributed by atoms with Gasteiger partial charge in [-0.1, -0.05) is 19.1 Å². The fourth-order valence-electron chi connectivity index (χ4n) is 1.98. The summed E-state index contributed by atoms with van der Waals surface area (Å²) in [6.07, 6.45) is 2.36. The predicted octanol–water partition coefficient (Wildman–Crippen LogP) is 2.14. The van der Waals surface area contributed by atoms with Crippen molar-refractivity contribution in [3.8, 4) is 11.8 Å². The molecule has 0 saturated carbocycles. The summed E-state index contributed by atoms with van der Waals surface area (Å²) in [5.41, 5.74) is 1.81. The Kier molecular flexibility index (Phi) is 4.57. The Morgan fingerprint density at radius 1 is 1.48 bits per heavy atom. The fraction of sp³-hybridized carbons (Fsp3) is 0.267. The number of nitrogens with zero attached hydrogens (tertiary/aromatic N) is 3. The van der Waals surface area contributed by atoms with Gasteiger partial charge in [-0.15, -0.1) is 0 Å². The molecule has 1 aromatic heterocycles. The van der Waals surface area contributed by atoms with Crippen molar-refractivity contribution in [2.75, 3.05) is 11.9 Å². The highest BCUT2D eigenvalue weighted by molar-refractivity contribution is 6.05. The first-order chi connectivity index (χ1) is 10.2. The molecule has 0 bridgehead atoms. The maximum Gasteiger partial charge on any atom is 0.259 e. The molecule has 6 nitrogen and oxygen atoms in total. The Morgan fingerprint density at radius 2 is 2.24 bits per heavy atom. The molecule has 0 atom stereocenters. The Bertz CT molecular complexity index is 685. The van der Waals surface area contributed by atoms with Gasteiger partial charge >= 0.3 is 0 Å². The monoisotopic (exact) mass is 284 g/mol. The number of para-hydroxylation sites is 2. The van der Waals surface area contributed by atoms with Gasteiger partial charge in [-0.05, 0) is 18.6 Å². The lowest BCUT2D eigenvalue weighted by molar-refractivity contribution is 0.102. The minimum atomic E-state index is -0.243. The second kappa shape index (κ2) is 6.57. The Labute approximate surface area is 123 Å². The molecule has 0 unspecified atom stereocenters. The average Bonchev–Trinajstić information content (AvgIpc) is 2.87. The van der Waals surface area contributed by atoms with Crippen molar-refractivity contribution >= 4 is 11.6 Å². The molecule has 2 rings (SSSR count). The van der Waals surface area contributed by atoms with Gasteiger partial charge in [0.25, 0.3) is 5.91 Å². The third-order valence-corrected chi connectivity index (χ3v) is 2.91. The molecule has 0 radical (unpaired) electrons. The van der Waals surface area contributed by atoms with E-state index < -0.39 is 0 Å². The van der Waals surface area contributed by atoms with Crippen LogP contribution in [0, 0.1) is 11.3 Å². The zero-order valence-electron chi connectivity index (χ0n) is 12.0. The third-order valence-electron chi connectivity index (χ3n) is 2.91. The molecular formula is C15H16N4O2. The number of amides is 1. The van der Waals surface area contributed by atoms with E-state index in [1.54, 1.807) is 42.2 Å². The van der Waals surface area contributed by atoms with Gasteiger partial charge in [0.2, 0.25) is 0 Å². The zero-order chi connectivity index (χ0) is 15.2. The van der Waals surface area contributed by atoms with Crippen LogP contribution >= 0.6 is 0 Å². The molecule has 1 heterocycles. The Hall–Kier alpha value is -2.81. The number of benzene rings is 1. The molecule has 0 spiro atoms. The summed E-state index contributed by atoms with van der Waals surface area (Å²) in [4.78, 5) is 12.3. The van der Waals surface area contributed by atoms with Gasteiger partial charge in [0.05, 0.1) is 16.9 Å². The average molecular weight is 284 g/mol. The summed E-state index contributed by atoms with van der Waals surface area (Å²) in [6, 6.07) is 8.91. The van der Waals surface area contributed by atoms with E-state index in [-0.39, 0.29) is 12.5 Å². The molecular weight excluding hydrogens is 268 g/mol. The Morgan fingerprint density at radius 3 is 2.95 bits per heavy atom. The number of carbonyl (C=O) groups excluding carboxylic acids is 1. The maximum atomic E-state index is 12.3. The molecule has 0 aliphatic carbocycles. The van der Waals surface area contributed by atoms with E-state index in [0.29, 0.717) is 23.4 Å². The van der Waals surface area contributed by atoms with Gasteiger partial charge in [-0.2, -0.15) is 10.4 Å². The first kappa shape index (κ1) is 14.6. The number of hydrogen-bond donors (Lipinski definition) is 1. The second-order valence-corrected chi connectivity index (χ2v) is 4.41. The van der Waals surface area contributed by atoms with Gasteiger partial charge in [-0.25, -0.2) is 0 Å². The maximum absolute atomic E-state index is 12.3. The number of nitrogens with one attached hydrogen (secondary N) is 1. The van der Waals surface area contributed by atoms with Crippen LogP contribution < -0.4 is 10.1 Å². The van der Waals surface area contributed by atoms with Crippen LogP contribution in [0.3, 0.4) is 0 Å². The van der Waals surface area contributed by atoms with Crippen LogP contribution in [0.2, 0.25) is 0 Å². The van der Waals surface area contributed by atoms with Crippen molar-refractivity contribution in [3.05, 3.63) is 41.7 Å². The molecule has 1 N–H and O–H groups in total. The zero-order valence-corrected chi connectivity index (χ0v) is 12.0. The molecule has 0 fully saturated rings. The number of hydrogen-bond acceptors (Lipinski definition) is 4. The van der Waals surface area contributed by atoms with E-state index in [9.17, 15) is 4.79 Å². The fourth-order valence-corrected chi connectivity index (χ4v) is 1.98. The minimum absolute atomic E-state index is 0.0695. The molecule has 0 aliphatic heterocycles. The molecule has 1 amide bonds. The van der Waals surface area contributed by atoms with Gasteiger partial charge in [0.1, 0.15) is 11.8 Å². The summed E-state index contributed by atoms with van der Waals surface area (Å²) in [7, 11) is 1.78. The number of ether oxygens (including phenoxy) is 1. The summed E-state index contributed by atoms with van der Waals surface area (Å²) >= 11 is 0. The Balaban J connectivity index is 2.21. The van der Waals surface area contributed by atoms with Crippen LogP contribution in [0.15, 0.2) is 30.5 Å². The molecule has 2 aromatic rings. The molecule has 0 saturated heterocycles. The number of carbonyl (C=O) groups is 1. The minimum Gasteiger partial charge on any atom is -0.477 e. The van der Waals surface area contributed by atoms with Gasteiger partial charge in [0, 0.05) is 13.2 Å². The molecule has 0 aliphatic rings. The van der Waals surface area contributed by atoms with Crippen LogP contribution in [0.5, 0.6) is 5.75 Å². The van der Waals surface area contributed by atoms with Crippen molar-refractivity contribution in [2.24, 2.45) is 7.05 Å². The van der Waals surface area contributed by atoms with Crippen molar-refractivity contribution in [1.82, 2.24) is 9.78 Å². The summed E-state index contributed by atoms with van der Waals surface area (Å²) in [6.45, 7) is 1.88. The van der Waals surface area contributed by atoms with Crippen LogP contribution in [0.25, 0.3) is 0 Å². The smallest absolute Gasteiger partial charge is 0.259 e. The van der Waals surface area contributed by atoms with Gasteiger partial charge in [0.15, 0.2) is 6.61 Å². The van der Waals surface area contributed by atoms with E-state index in [0.717, 1.165) is 5.69 Å². The van der Waals surface area contributed by atoms with E-state index in [1.165, 1.54) is 0 Å². The highest BCUT2D eigenvalue weighted by Gasteiger charge is 2.16. The van der Waals surface area contributed by atoms with E-state index in [4.69, 9.17) is 10.00 Å². The summed E-state index contributed by atoms with van der Waals surface area (Å²) in [5.74, 6) is 0.224. The largest absolute Gasteiger partial charge is 0.477 e. The normalized spacial score (nSPS) is 9.95. The van der Waals surface area contributed by atoms with Gasteiger partial charge < -0.3 is 10.1 Å². The number of aryl methyl sites for hydroxylation is 2. The van der Waals surface area contributed by atoms with Crippen molar-refractivity contribution in [2.45, 2.75) is 13.3 Å². The predicted molar refractivity (Wildman–Crippen MR) is 78.1 cm³/mol. The van der Waals surface area contributed by atoms with E-state index in [2.05, 4.69) is 10.4 Å². The van der Waals surface area contributed by atoms with E-state index in [1.807, 2.05) is 13.0 Å². The van der Waals surface area contributed by atoms with Crippen LogP contribution in [-0.2, 0) is 13.5 Å². The number of rotatable bonds is 5. The van der Waals surface area contributed by atoms with Crippen molar-refractivity contribution < 1.29 is 9.53 Å². The van der Waals surface area contributed by atoms with E-state index >= 15 is 0 Å². The molecule has 108 valence electrons. The van der Waals surface area contributed by atoms with Gasteiger partial charge in [-0.3, -0.25) is 9.48 Å². The SMILES string of the molecule is CCc1nn(C)cc1C(=O)Nc1ccccc1OCC#N. The highest BCUT2D eigenvalue weighted by Crippen LogP contribution is 2.24. The lowest BCUT2D eigenvalue weighted by atomic mass is 10.2. The summed E-state index contributed by atoms with van der Waals surface area (Å²) < 4.78 is 6.91. The lowest BCUT2D eigenvalue weighted by Gasteiger charge is -2.10. The summed E-state index contributed by atoms with van der Waals surface area (Å²) in [5, 5.41) is 15.6. The van der Waals surface area contributed by atoms with Crippen molar-refractivity contribution in [1.29, 1.82) is 5.26 Å². The first-order valence-electron chi connectivity index (χ1n) is 6.58. The molecule has 6 heteroatoms. The number of nitriles is 1. The van der Waals surface area contributed by atoms with Crippen LogP contribution in [-0.4, -0.2) is 22.3 Å².